The SMILES string of the molecule is N#Cc1ccc(CN(C2CCCCC2C(N)=O)S(=O)(=O)c2ccc(Cl)cc2)cc1. The number of amides is 1. The van der Waals surface area contributed by atoms with Gasteiger partial charge < -0.3 is 5.73 Å². The molecule has 0 saturated heterocycles. The van der Waals surface area contributed by atoms with Crippen molar-refractivity contribution < 1.29 is 13.2 Å². The normalized spacial score (nSPS) is 19.6. The number of sulfonamides is 1. The third-order valence-corrected chi connectivity index (χ3v) is 7.44. The summed E-state index contributed by atoms with van der Waals surface area (Å²) in [4.78, 5) is 12.2. The molecule has 1 amide bonds. The fraction of sp³-hybridized carbons (Fsp3) is 0.333. The molecule has 0 radical (unpaired) electrons. The largest absolute Gasteiger partial charge is 0.369 e. The molecule has 2 unspecified atom stereocenters. The van der Waals surface area contributed by atoms with Gasteiger partial charge in [-0.3, -0.25) is 4.79 Å². The van der Waals surface area contributed by atoms with E-state index in [0.29, 0.717) is 23.4 Å². The molecule has 0 aromatic heterocycles. The molecule has 29 heavy (non-hydrogen) atoms. The molecule has 152 valence electrons. The summed E-state index contributed by atoms with van der Waals surface area (Å²) in [5, 5.41) is 9.43. The molecule has 0 spiro atoms. The first-order valence-corrected chi connectivity index (χ1v) is 11.2. The zero-order valence-corrected chi connectivity index (χ0v) is 17.4. The summed E-state index contributed by atoms with van der Waals surface area (Å²) in [6.45, 7) is 0.0884. The van der Waals surface area contributed by atoms with E-state index in [2.05, 4.69) is 0 Å². The van der Waals surface area contributed by atoms with Crippen molar-refractivity contribution in [3.63, 3.8) is 0 Å². The van der Waals surface area contributed by atoms with Crippen LogP contribution in [-0.4, -0.2) is 24.7 Å². The van der Waals surface area contributed by atoms with Crippen molar-refractivity contribution in [3.8, 4) is 6.07 Å². The molecular formula is C21H22ClN3O3S. The van der Waals surface area contributed by atoms with Crippen LogP contribution in [0.3, 0.4) is 0 Å². The lowest BCUT2D eigenvalue weighted by atomic mass is 9.84. The minimum absolute atomic E-state index is 0.0884. The zero-order chi connectivity index (χ0) is 21.0. The van der Waals surface area contributed by atoms with Crippen LogP contribution < -0.4 is 5.73 Å². The molecule has 6 nitrogen and oxygen atoms in total. The standard InChI is InChI=1S/C21H22ClN3O3S/c22-17-9-11-18(12-10-17)29(27,28)25(14-16-7-5-15(13-23)6-8-16)20-4-2-1-3-19(20)21(24)26/h5-12,19-20H,1-4,14H2,(H2,24,26). The van der Waals surface area contributed by atoms with Crippen molar-refractivity contribution in [3.05, 3.63) is 64.7 Å². The molecule has 1 aliphatic rings. The van der Waals surface area contributed by atoms with Crippen LogP contribution in [-0.2, 0) is 21.4 Å². The molecule has 2 atom stereocenters. The van der Waals surface area contributed by atoms with Gasteiger partial charge in [0, 0.05) is 17.6 Å². The monoisotopic (exact) mass is 431 g/mol. The minimum atomic E-state index is -3.90. The molecule has 0 heterocycles. The fourth-order valence-electron chi connectivity index (χ4n) is 3.77. The predicted octanol–water partition coefficient (Wildman–Crippen LogP) is 3.45. The van der Waals surface area contributed by atoms with Gasteiger partial charge in [0.2, 0.25) is 15.9 Å². The van der Waals surface area contributed by atoms with Crippen LogP contribution in [0.25, 0.3) is 0 Å². The number of carbonyl (C=O) groups excluding carboxylic acids is 1. The highest BCUT2D eigenvalue weighted by Gasteiger charge is 2.40. The van der Waals surface area contributed by atoms with Gasteiger partial charge in [0.1, 0.15) is 0 Å². The number of benzene rings is 2. The van der Waals surface area contributed by atoms with E-state index < -0.39 is 27.9 Å². The smallest absolute Gasteiger partial charge is 0.243 e. The van der Waals surface area contributed by atoms with E-state index in [0.717, 1.165) is 18.4 Å². The second-order valence-electron chi connectivity index (χ2n) is 7.17. The molecule has 2 N–H and O–H groups in total. The Morgan fingerprint density at radius 3 is 2.31 bits per heavy atom. The van der Waals surface area contributed by atoms with E-state index in [1.165, 1.54) is 28.6 Å². The summed E-state index contributed by atoms with van der Waals surface area (Å²) >= 11 is 5.92. The quantitative estimate of drug-likeness (QED) is 0.756. The van der Waals surface area contributed by atoms with Gasteiger partial charge in [-0.2, -0.15) is 9.57 Å². The lowest BCUT2D eigenvalue weighted by molar-refractivity contribution is -0.124. The summed E-state index contributed by atoms with van der Waals surface area (Å²) in [5.41, 5.74) is 6.84. The van der Waals surface area contributed by atoms with Crippen molar-refractivity contribution in [1.29, 1.82) is 5.26 Å². The maximum Gasteiger partial charge on any atom is 0.243 e. The Morgan fingerprint density at radius 2 is 1.72 bits per heavy atom. The second-order valence-corrected chi connectivity index (χ2v) is 9.50. The Morgan fingerprint density at radius 1 is 1.10 bits per heavy atom. The van der Waals surface area contributed by atoms with Gasteiger partial charge in [0.05, 0.1) is 22.4 Å². The molecule has 0 bridgehead atoms. The van der Waals surface area contributed by atoms with E-state index >= 15 is 0 Å². The van der Waals surface area contributed by atoms with Crippen molar-refractivity contribution in [2.24, 2.45) is 11.7 Å². The van der Waals surface area contributed by atoms with Crippen molar-refractivity contribution >= 4 is 27.5 Å². The Balaban J connectivity index is 2.03. The van der Waals surface area contributed by atoms with Crippen LogP contribution in [0.15, 0.2) is 53.4 Å². The van der Waals surface area contributed by atoms with E-state index in [9.17, 15) is 13.2 Å². The third kappa shape index (κ3) is 4.78. The number of nitriles is 1. The first-order valence-electron chi connectivity index (χ1n) is 9.38. The van der Waals surface area contributed by atoms with Crippen LogP contribution >= 0.6 is 11.6 Å². The average molecular weight is 432 g/mol. The van der Waals surface area contributed by atoms with Crippen LogP contribution in [0.5, 0.6) is 0 Å². The number of nitrogens with zero attached hydrogens (tertiary/aromatic N) is 2. The molecule has 0 aliphatic heterocycles. The Labute approximate surface area is 175 Å². The van der Waals surface area contributed by atoms with Gasteiger partial charge in [-0.1, -0.05) is 36.6 Å². The topological polar surface area (TPSA) is 104 Å². The van der Waals surface area contributed by atoms with Gasteiger partial charge in [-0.25, -0.2) is 8.42 Å². The van der Waals surface area contributed by atoms with Crippen LogP contribution in [0.4, 0.5) is 0 Å². The Hall–Kier alpha value is -2.40. The number of hydrogen-bond donors (Lipinski definition) is 1. The highest BCUT2D eigenvalue weighted by molar-refractivity contribution is 7.89. The third-order valence-electron chi connectivity index (χ3n) is 5.31. The van der Waals surface area contributed by atoms with E-state index in [1.807, 2.05) is 6.07 Å². The molecule has 2 aromatic rings. The highest BCUT2D eigenvalue weighted by Crippen LogP contribution is 2.33. The van der Waals surface area contributed by atoms with E-state index in [1.54, 1.807) is 24.3 Å². The van der Waals surface area contributed by atoms with Gasteiger partial charge in [-0.05, 0) is 54.8 Å². The van der Waals surface area contributed by atoms with Gasteiger partial charge in [-0.15, -0.1) is 0 Å². The first kappa shape index (κ1) is 21.3. The number of nitrogens with two attached hydrogens (primary N) is 1. The summed E-state index contributed by atoms with van der Waals surface area (Å²) in [6.07, 6.45) is 2.81. The number of carbonyl (C=O) groups is 1. The van der Waals surface area contributed by atoms with Crippen LogP contribution in [0, 0.1) is 17.2 Å². The van der Waals surface area contributed by atoms with Crippen LogP contribution in [0.1, 0.15) is 36.8 Å². The number of hydrogen-bond acceptors (Lipinski definition) is 4. The lowest BCUT2D eigenvalue weighted by Crippen LogP contribution is -2.49. The van der Waals surface area contributed by atoms with E-state index in [4.69, 9.17) is 22.6 Å². The van der Waals surface area contributed by atoms with Crippen molar-refractivity contribution in [2.45, 2.75) is 43.2 Å². The van der Waals surface area contributed by atoms with Crippen molar-refractivity contribution in [1.82, 2.24) is 4.31 Å². The molecule has 8 heteroatoms. The van der Waals surface area contributed by atoms with Crippen LogP contribution in [0.2, 0.25) is 5.02 Å². The lowest BCUT2D eigenvalue weighted by Gasteiger charge is -2.38. The summed E-state index contributed by atoms with van der Waals surface area (Å²) in [7, 11) is -3.90. The van der Waals surface area contributed by atoms with Gasteiger partial charge in [0.15, 0.2) is 0 Å². The summed E-state index contributed by atoms with van der Waals surface area (Å²) in [5.74, 6) is -1.02. The summed E-state index contributed by atoms with van der Waals surface area (Å²) in [6, 6.07) is 14.3. The summed E-state index contributed by atoms with van der Waals surface area (Å²) < 4.78 is 28.4. The molecule has 1 fully saturated rings. The Kier molecular flexibility index (Phi) is 6.58. The maximum absolute atomic E-state index is 13.5. The minimum Gasteiger partial charge on any atom is -0.369 e. The van der Waals surface area contributed by atoms with Gasteiger partial charge >= 0.3 is 0 Å². The first-order chi connectivity index (χ1) is 13.8. The molecule has 3 rings (SSSR count). The van der Waals surface area contributed by atoms with Crippen molar-refractivity contribution in [2.75, 3.05) is 0 Å². The molecule has 2 aromatic carbocycles. The van der Waals surface area contributed by atoms with E-state index in [-0.39, 0.29) is 11.4 Å². The van der Waals surface area contributed by atoms with Gasteiger partial charge in [0.25, 0.3) is 0 Å². The molecular weight excluding hydrogens is 410 g/mol. The number of primary amides is 1. The zero-order valence-electron chi connectivity index (χ0n) is 15.8. The Bertz CT molecular complexity index is 1010. The second kappa shape index (κ2) is 8.95. The number of halogens is 1. The maximum atomic E-state index is 13.5. The number of rotatable bonds is 6. The average Bonchev–Trinajstić information content (AvgIpc) is 2.72. The fourth-order valence-corrected chi connectivity index (χ4v) is 5.58. The molecule has 1 aliphatic carbocycles. The molecule has 1 saturated carbocycles. The highest BCUT2D eigenvalue weighted by atomic mass is 35.5. The predicted molar refractivity (Wildman–Crippen MR) is 110 cm³/mol.